The number of aryl methyl sites for hydroxylation is 2. The SMILES string of the molecule is Cc1nn(C)c2nc(-c3cccs3)cc(C(=O)N3CCCC(c4nccs4)C3)c12. The van der Waals surface area contributed by atoms with Crippen molar-refractivity contribution in [3.8, 4) is 10.6 Å². The molecule has 8 heteroatoms. The topological polar surface area (TPSA) is 63.9 Å². The summed E-state index contributed by atoms with van der Waals surface area (Å²) in [5.41, 5.74) is 3.12. The van der Waals surface area contributed by atoms with Crippen LogP contribution in [-0.2, 0) is 7.05 Å². The van der Waals surface area contributed by atoms with Gasteiger partial charge in [-0.25, -0.2) is 9.97 Å². The molecule has 0 N–H and O–H groups in total. The number of rotatable bonds is 3. The molecule has 1 saturated heterocycles. The molecule has 1 atom stereocenters. The van der Waals surface area contributed by atoms with Gasteiger partial charge in [0, 0.05) is 37.6 Å². The van der Waals surface area contributed by atoms with Crippen molar-refractivity contribution in [2.75, 3.05) is 13.1 Å². The van der Waals surface area contributed by atoms with Crippen LogP contribution in [0.3, 0.4) is 0 Å². The number of piperidine rings is 1. The average Bonchev–Trinajstić information content (AvgIpc) is 3.50. The van der Waals surface area contributed by atoms with Gasteiger partial charge in [-0.2, -0.15) is 5.10 Å². The van der Waals surface area contributed by atoms with Crippen molar-refractivity contribution in [3.63, 3.8) is 0 Å². The van der Waals surface area contributed by atoms with E-state index in [2.05, 4.69) is 10.1 Å². The number of pyridine rings is 1. The maximum Gasteiger partial charge on any atom is 0.254 e. The van der Waals surface area contributed by atoms with E-state index in [0.717, 1.165) is 51.7 Å². The van der Waals surface area contributed by atoms with Crippen LogP contribution in [0, 0.1) is 6.92 Å². The number of hydrogen-bond donors (Lipinski definition) is 0. The van der Waals surface area contributed by atoms with Crippen LogP contribution in [0.15, 0.2) is 35.2 Å². The standard InChI is InChI=1S/C21H21N5OS2/c1-13-18-15(11-16(17-6-4-9-28-17)23-19(18)25(2)24-13)21(27)26-8-3-5-14(12-26)20-22-7-10-29-20/h4,6-7,9-11,14H,3,5,8,12H2,1-2H3. The van der Waals surface area contributed by atoms with Crippen LogP contribution in [0.25, 0.3) is 21.6 Å². The first kappa shape index (κ1) is 18.4. The number of hydrogen-bond acceptors (Lipinski definition) is 6. The van der Waals surface area contributed by atoms with E-state index in [-0.39, 0.29) is 5.91 Å². The summed E-state index contributed by atoms with van der Waals surface area (Å²) in [7, 11) is 1.88. The van der Waals surface area contributed by atoms with Crippen LogP contribution >= 0.6 is 22.7 Å². The first-order valence-electron chi connectivity index (χ1n) is 9.68. The summed E-state index contributed by atoms with van der Waals surface area (Å²) < 4.78 is 1.77. The molecule has 1 amide bonds. The molecule has 0 bridgehead atoms. The molecular weight excluding hydrogens is 402 g/mol. The molecule has 5 rings (SSSR count). The number of carbonyl (C=O) groups is 1. The lowest BCUT2D eigenvalue weighted by molar-refractivity contribution is 0.0709. The fourth-order valence-electron chi connectivity index (χ4n) is 4.13. The summed E-state index contributed by atoms with van der Waals surface area (Å²) in [6.07, 6.45) is 3.92. The van der Waals surface area contributed by atoms with Gasteiger partial charge in [-0.15, -0.1) is 22.7 Å². The van der Waals surface area contributed by atoms with Crippen molar-refractivity contribution in [3.05, 3.63) is 51.4 Å². The molecule has 0 radical (unpaired) electrons. The first-order chi connectivity index (χ1) is 14.1. The molecule has 1 unspecified atom stereocenters. The van der Waals surface area contributed by atoms with E-state index in [1.807, 2.05) is 54.0 Å². The van der Waals surface area contributed by atoms with Gasteiger partial charge >= 0.3 is 0 Å². The van der Waals surface area contributed by atoms with Gasteiger partial charge < -0.3 is 4.90 Å². The molecule has 0 spiro atoms. The van der Waals surface area contributed by atoms with E-state index in [1.54, 1.807) is 27.4 Å². The second-order valence-electron chi connectivity index (χ2n) is 7.40. The number of amides is 1. The maximum atomic E-state index is 13.7. The van der Waals surface area contributed by atoms with Crippen LogP contribution < -0.4 is 0 Å². The van der Waals surface area contributed by atoms with Crippen molar-refractivity contribution >= 4 is 39.6 Å². The third kappa shape index (κ3) is 3.26. The summed E-state index contributed by atoms with van der Waals surface area (Å²) in [6, 6.07) is 5.99. The zero-order valence-electron chi connectivity index (χ0n) is 16.3. The van der Waals surface area contributed by atoms with Crippen molar-refractivity contribution in [2.45, 2.75) is 25.7 Å². The lowest BCUT2D eigenvalue weighted by Gasteiger charge is -2.32. The molecule has 4 aromatic heterocycles. The molecule has 148 valence electrons. The van der Waals surface area contributed by atoms with E-state index in [0.29, 0.717) is 18.0 Å². The number of thiophene rings is 1. The lowest BCUT2D eigenvalue weighted by atomic mass is 9.97. The fourth-order valence-corrected chi connectivity index (χ4v) is 5.59. The monoisotopic (exact) mass is 423 g/mol. The normalized spacial score (nSPS) is 17.2. The Balaban J connectivity index is 1.57. The molecule has 0 aliphatic carbocycles. The van der Waals surface area contributed by atoms with Crippen LogP contribution in [0.2, 0.25) is 0 Å². The number of nitrogens with zero attached hydrogens (tertiary/aromatic N) is 5. The highest BCUT2D eigenvalue weighted by atomic mass is 32.1. The molecule has 29 heavy (non-hydrogen) atoms. The fraction of sp³-hybridized carbons (Fsp3) is 0.333. The molecule has 1 aliphatic heterocycles. The Morgan fingerprint density at radius 3 is 2.93 bits per heavy atom. The molecule has 1 aliphatic rings. The van der Waals surface area contributed by atoms with Gasteiger partial charge in [-0.3, -0.25) is 9.48 Å². The van der Waals surface area contributed by atoms with Gasteiger partial charge in [0.15, 0.2) is 5.65 Å². The molecule has 4 aromatic rings. The van der Waals surface area contributed by atoms with E-state index in [9.17, 15) is 4.79 Å². The van der Waals surface area contributed by atoms with Crippen molar-refractivity contribution in [1.29, 1.82) is 0 Å². The van der Waals surface area contributed by atoms with E-state index < -0.39 is 0 Å². The zero-order chi connectivity index (χ0) is 20.0. The van der Waals surface area contributed by atoms with Crippen molar-refractivity contribution < 1.29 is 4.79 Å². The summed E-state index contributed by atoms with van der Waals surface area (Å²) in [5.74, 6) is 0.379. The first-order valence-corrected chi connectivity index (χ1v) is 11.4. The Bertz CT molecular complexity index is 1160. The number of carbonyl (C=O) groups excluding carboxylic acids is 1. The smallest absolute Gasteiger partial charge is 0.254 e. The summed E-state index contributed by atoms with van der Waals surface area (Å²) in [6.45, 7) is 3.43. The van der Waals surface area contributed by atoms with Crippen LogP contribution in [0.5, 0.6) is 0 Å². The van der Waals surface area contributed by atoms with Crippen LogP contribution in [0.1, 0.15) is 39.8 Å². The average molecular weight is 424 g/mol. The van der Waals surface area contributed by atoms with Gasteiger partial charge in [-0.1, -0.05) is 6.07 Å². The van der Waals surface area contributed by atoms with Gasteiger partial charge in [0.1, 0.15) is 0 Å². The minimum atomic E-state index is 0.0626. The summed E-state index contributed by atoms with van der Waals surface area (Å²) >= 11 is 3.30. The predicted octanol–water partition coefficient (Wildman–Crippen LogP) is 4.48. The van der Waals surface area contributed by atoms with E-state index >= 15 is 0 Å². The van der Waals surface area contributed by atoms with Crippen molar-refractivity contribution in [2.24, 2.45) is 7.05 Å². The molecule has 1 fully saturated rings. The number of likely N-dealkylation sites (tertiary alicyclic amines) is 1. The number of fused-ring (bicyclic) bond motifs is 1. The molecule has 0 aromatic carbocycles. The molecule has 6 nitrogen and oxygen atoms in total. The number of thiazole rings is 1. The highest BCUT2D eigenvalue weighted by Crippen LogP contribution is 2.33. The third-order valence-corrected chi connectivity index (χ3v) is 7.31. The van der Waals surface area contributed by atoms with Crippen LogP contribution in [-0.4, -0.2) is 43.6 Å². The van der Waals surface area contributed by atoms with Gasteiger partial charge in [-0.05, 0) is 37.3 Å². The Morgan fingerprint density at radius 1 is 1.28 bits per heavy atom. The quantitative estimate of drug-likeness (QED) is 0.487. The maximum absolute atomic E-state index is 13.7. The van der Waals surface area contributed by atoms with Gasteiger partial charge in [0.2, 0.25) is 0 Å². The molecule has 5 heterocycles. The second-order valence-corrected chi connectivity index (χ2v) is 9.27. The lowest BCUT2D eigenvalue weighted by Crippen LogP contribution is -2.39. The summed E-state index contributed by atoms with van der Waals surface area (Å²) in [5, 5.41) is 10.6. The second kappa shape index (κ2) is 7.35. The third-order valence-electron chi connectivity index (χ3n) is 5.48. The van der Waals surface area contributed by atoms with E-state index in [4.69, 9.17) is 4.98 Å². The largest absolute Gasteiger partial charge is 0.338 e. The Morgan fingerprint density at radius 2 is 2.17 bits per heavy atom. The Kier molecular flexibility index (Phi) is 4.67. The number of aromatic nitrogens is 4. The van der Waals surface area contributed by atoms with Gasteiger partial charge in [0.05, 0.1) is 32.2 Å². The Labute approximate surface area is 176 Å². The molecular formula is C21H21N5OS2. The van der Waals surface area contributed by atoms with Crippen LogP contribution in [0.4, 0.5) is 0 Å². The minimum absolute atomic E-state index is 0.0626. The Hall–Kier alpha value is -2.58. The molecule has 0 saturated carbocycles. The van der Waals surface area contributed by atoms with Gasteiger partial charge in [0.25, 0.3) is 5.91 Å². The minimum Gasteiger partial charge on any atom is -0.338 e. The predicted molar refractivity (Wildman–Crippen MR) is 117 cm³/mol. The summed E-state index contributed by atoms with van der Waals surface area (Å²) in [4.78, 5) is 26.0. The van der Waals surface area contributed by atoms with E-state index in [1.165, 1.54) is 0 Å². The highest BCUT2D eigenvalue weighted by Gasteiger charge is 2.29. The highest BCUT2D eigenvalue weighted by molar-refractivity contribution is 7.13. The zero-order valence-corrected chi connectivity index (χ0v) is 18.0. The van der Waals surface area contributed by atoms with Crippen molar-refractivity contribution in [1.82, 2.24) is 24.6 Å².